The van der Waals surface area contributed by atoms with Crippen molar-refractivity contribution < 1.29 is 18.7 Å². The van der Waals surface area contributed by atoms with E-state index in [2.05, 4.69) is 27.0 Å². The molecule has 2 aliphatic heterocycles. The molecule has 39 heavy (non-hydrogen) atoms. The van der Waals surface area contributed by atoms with E-state index in [1.54, 1.807) is 49.9 Å². The van der Waals surface area contributed by atoms with Crippen LogP contribution in [0.5, 0.6) is 0 Å². The summed E-state index contributed by atoms with van der Waals surface area (Å²) in [5.41, 5.74) is 7.23. The van der Waals surface area contributed by atoms with Gasteiger partial charge in [-0.05, 0) is 43.8 Å². The summed E-state index contributed by atoms with van der Waals surface area (Å²) in [4.78, 5) is 41.4. The molecule has 1 saturated heterocycles. The topological polar surface area (TPSA) is 126 Å². The van der Waals surface area contributed by atoms with Crippen LogP contribution < -0.4 is 11.1 Å². The van der Waals surface area contributed by atoms with E-state index in [0.29, 0.717) is 42.5 Å². The van der Waals surface area contributed by atoms with Crippen molar-refractivity contribution in [3.05, 3.63) is 89.8 Å². The highest BCUT2D eigenvalue weighted by molar-refractivity contribution is 6.06. The van der Waals surface area contributed by atoms with Gasteiger partial charge in [0.2, 0.25) is 5.91 Å². The van der Waals surface area contributed by atoms with E-state index in [4.69, 9.17) is 10.5 Å². The SMILES string of the molecule is C=N/C(=C1/C(N)=NC=CN1CC1CCCN1C(=O)/C=C/COC)c1ccc(C(=O)Nc2ccccn2)c(F)c1. The zero-order valence-corrected chi connectivity index (χ0v) is 21.6. The van der Waals surface area contributed by atoms with Gasteiger partial charge in [0.1, 0.15) is 23.2 Å². The van der Waals surface area contributed by atoms with Crippen LogP contribution in [0.2, 0.25) is 0 Å². The Morgan fingerprint density at radius 2 is 2.18 bits per heavy atom. The van der Waals surface area contributed by atoms with Crippen molar-refractivity contribution in [2.24, 2.45) is 15.7 Å². The molecule has 1 aromatic heterocycles. The third-order valence-electron chi connectivity index (χ3n) is 6.36. The average molecular weight is 532 g/mol. The third-order valence-corrected chi connectivity index (χ3v) is 6.36. The lowest BCUT2D eigenvalue weighted by molar-refractivity contribution is -0.127. The van der Waals surface area contributed by atoms with Crippen molar-refractivity contribution in [1.82, 2.24) is 14.8 Å². The maximum Gasteiger partial charge on any atom is 0.259 e. The van der Waals surface area contributed by atoms with Crippen molar-refractivity contribution in [1.29, 1.82) is 0 Å². The van der Waals surface area contributed by atoms with E-state index >= 15 is 4.39 Å². The average Bonchev–Trinajstić information content (AvgIpc) is 3.39. The molecule has 2 amide bonds. The molecule has 1 fully saturated rings. The Kier molecular flexibility index (Phi) is 8.95. The number of nitrogens with two attached hydrogens (primary N) is 1. The largest absolute Gasteiger partial charge is 0.382 e. The molecule has 1 unspecified atom stereocenters. The second-order valence-electron chi connectivity index (χ2n) is 8.87. The van der Waals surface area contributed by atoms with E-state index in [1.807, 2.05) is 9.80 Å². The van der Waals surface area contributed by atoms with Gasteiger partial charge in [-0.15, -0.1) is 0 Å². The summed E-state index contributed by atoms with van der Waals surface area (Å²) < 4.78 is 20.1. The van der Waals surface area contributed by atoms with Gasteiger partial charge in [0.15, 0.2) is 0 Å². The number of halogens is 1. The molecule has 2 aliphatic rings. The van der Waals surface area contributed by atoms with Crippen molar-refractivity contribution in [3.8, 4) is 0 Å². The summed E-state index contributed by atoms with van der Waals surface area (Å²) in [6, 6.07) is 9.10. The number of benzene rings is 1. The highest BCUT2D eigenvalue weighted by Crippen LogP contribution is 2.29. The first-order valence-electron chi connectivity index (χ1n) is 12.4. The summed E-state index contributed by atoms with van der Waals surface area (Å²) in [5, 5.41) is 2.57. The fourth-order valence-electron chi connectivity index (χ4n) is 4.54. The molecule has 1 atom stereocenters. The predicted molar refractivity (Wildman–Crippen MR) is 148 cm³/mol. The number of hydrogen-bond acceptors (Lipinski definition) is 8. The minimum absolute atomic E-state index is 0.0873. The summed E-state index contributed by atoms with van der Waals surface area (Å²) in [6.07, 6.45) is 9.71. The molecular formula is C28H30FN7O3. The van der Waals surface area contributed by atoms with Crippen LogP contribution in [0.1, 0.15) is 28.8 Å². The number of amides is 2. The zero-order chi connectivity index (χ0) is 27.8. The predicted octanol–water partition coefficient (Wildman–Crippen LogP) is 3.18. The van der Waals surface area contributed by atoms with Crippen molar-refractivity contribution in [2.45, 2.75) is 18.9 Å². The Morgan fingerprint density at radius 3 is 2.90 bits per heavy atom. The number of anilines is 1. The number of carbonyl (C=O) groups is 2. The number of carbonyl (C=O) groups excluding carboxylic acids is 2. The van der Waals surface area contributed by atoms with Gasteiger partial charge < -0.3 is 25.6 Å². The number of pyridine rings is 1. The van der Waals surface area contributed by atoms with Crippen LogP contribution in [0.3, 0.4) is 0 Å². The van der Waals surface area contributed by atoms with E-state index in [0.717, 1.165) is 12.8 Å². The lowest BCUT2D eigenvalue weighted by Gasteiger charge is -2.32. The Balaban J connectivity index is 1.59. The molecule has 0 spiro atoms. The van der Waals surface area contributed by atoms with Gasteiger partial charge in [-0.1, -0.05) is 18.2 Å². The summed E-state index contributed by atoms with van der Waals surface area (Å²) in [7, 11) is 1.57. The standard InChI is InChI=1S/C28H30FN7O3/c1-31-25(19-10-11-21(22(29)17-19)28(38)34-23-8-3-4-12-32-23)26-27(30)33-13-15-35(26)18-20-7-5-14-36(20)24(37)9-6-16-39-2/h3-4,6,8-13,15,17,20H,1,5,7,14,16,18H2,2H3,(H2,30,33)(H,32,34,38)/b9-6+,26-25-. The van der Waals surface area contributed by atoms with Crippen LogP contribution >= 0.6 is 0 Å². The molecular weight excluding hydrogens is 501 g/mol. The molecule has 1 aromatic carbocycles. The molecule has 0 aliphatic carbocycles. The first-order chi connectivity index (χ1) is 18.9. The molecule has 0 saturated carbocycles. The number of aromatic nitrogens is 1. The number of aliphatic imine (C=N–C) groups is 2. The smallest absolute Gasteiger partial charge is 0.259 e. The van der Waals surface area contributed by atoms with Crippen LogP contribution in [0, 0.1) is 5.82 Å². The molecule has 10 nitrogen and oxygen atoms in total. The Hall–Kier alpha value is -4.64. The van der Waals surface area contributed by atoms with E-state index in [9.17, 15) is 9.59 Å². The van der Waals surface area contributed by atoms with E-state index in [-0.39, 0.29) is 23.3 Å². The molecule has 0 radical (unpaired) electrons. The minimum atomic E-state index is -0.744. The van der Waals surface area contributed by atoms with Crippen molar-refractivity contribution in [2.75, 3.05) is 32.1 Å². The summed E-state index contributed by atoms with van der Waals surface area (Å²) in [6.45, 7) is 5.10. The molecule has 3 heterocycles. The Labute approximate surface area is 226 Å². The number of rotatable bonds is 9. The first kappa shape index (κ1) is 27.4. The van der Waals surface area contributed by atoms with Gasteiger partial charge in [-0.25, -0.2) is 14.4 Å². The van der Waals surface area contributed by atoms with Crippen LogP contribution in [-0.4, -0.2) is 72.0 Å². The summed E-state index contributed by atoms with van der Waals surface area (Å²) in [5.74, 6) is -0.984. The van der Waals surface area contributed by atoms with Crippen LogP contribution in [0.25, 0.3) is 5.70 Å². The highest BCUT2D eigenvalue weighted by Gasteiger charge is 2.31. The molecule has 4 rings (SSSR count). The van der Waals surface area contributed by atoms with Gasteiger partial charge in [0.05, 0.1) is 17.9 Å². The number of hydrogen-bond donors (Lipinski definition) is 2. The van der Waals surface area contributed by atoms with Gasteiger partial charge in [-0.2, -0.15) is 0 Å². The maximum atomic E-state index is 15.1. The molecule has 3 N–H and O–H groups in total. The van der Waals surface area contributed by atoms with Gasteiger partial charge in [0.25, 0.3) is 5.91 Å². The number of likely N-dealkylation sites (tertiary alicyclic amines) is 1. The van der Waals surface area contributed by atoms with Crippen molar-refractivity contribution in [3.63, 3.8) is 0 Å². The fraction of sp³-hybridized carbons (Fsp3) is 0.250. The van der Waals surface area contributed by atoms with Gasteiger partial charge in [0, 0.05) is 56.5 Å². The fourth-order valence-corrected chi connectivity index (χ4v) is 4.54. The lowest BCUT2D eigenvalue weighted by Crippen LogP contribution is -2.43. The molecule has 202 valence electrons. The van der Waals surface area contributed by atoms with Crippen molar-refractivity contribution >= 4 is 35.9 Å². The van der Waals surface area contributed by atoms with Crippen LogP contribution in [-0.2, 0) is 9.53 Å². The number of nitrogens with zero attached hydrogens (tertiary/aromatic N) is 5. The second-order valence-corrected chi connectivity index (χ2v) is 8.87. The molecule has 2 aromatic rings. The van der Waals surface area contributed by atoms with E-state index < -0.39 is 11.7 Å². The first-order valence-corrected chi connectivity index (χ1v) is 12.4. The molecule has 0 bridgehead atoms. The number of methoxy groups -OCH3 is 1. The van der Waals surface area contributed by atoms with Gasteiger partial charge in [-0.3, -0.25) is 14.6 Å². The minimum Gasteiger partial charge on any atom is -0.382 e. The monoisotopic (exact) mass is 531 g/mol. The quantitative estimate of drug-likeness (QED) is 0.378. The molecule has 11 heteroatoms. The Bertz CT molecular complexity index is 1350. The van der Waals surface area contributed by atoms with E-state index in [1.165, 1.54) is 24.4 Å². The maximum absolute atomic E-state index is 15.1. The number of ether oxygens (including phenoxy) is 1. The highest BCUT2D eigenvalue weighted by atomic mass is 19.1. The second kappa shape index (κ2) is 12.7. The van der Waals surface area contributed by atoms with Crippen LogP contribution in [0.15, 0.2) is 82.8 Å². The lowest BCUT2D eigenvalue weighted by atomic mass is 10.0. The van der Waals surface area contributed by atoms with Gasteiger partial charge >= 0.3 is 0 Å². The third kappa shape index (κ3) is 6.44. The number of nitrogens with one attached hydrogen (secondary N) is 1. The summed E-state index contributed by atoms with van der Waals surface area (Å²) >= 11 is 0. The van der Waals surface area contributed by atoms with Crippen LogP contribution in [0.4, 0.5) is 10.2 Å². The Morgan fingerprint density at radius 1 is 1.33 bits per heavy atom. The number of amidine groups is 1. The zero-order valence-electron chi connectivity index (χ0n) is 21.6. The normalized spacial score (nSPS) is 18.3.